The number of aromatic amines is 1. The molecule has 1 aromatic rings. The van der Waals surface area contributed by atoms with Gasteiger partial charge in [-0.2, -0.15) is 0 Å². The normalized spacial score (nSPS) is 35.3. The number of aromatic nitrogens is 2. The molecule has 14 heavy (non-hydrogen) atoms. The molecule has 76 valence electrons. The molecular weight excluding hydrogens is 174 g/mol. The van der Waals surface area contributed by atoms with Gasteiger partial charge in [0.25, 0.3) is 0 Å². The van der Waals surface area contributed by atoms with Gasteiger partial charge in [-0.25, -0.2) is 4.98 Å². The Balaban J connectivity index is 1.52. The summed E-state index contributed by atoms with van der Waals surface area (Å²) in [5.41, 5.74) is 0. The molecule has 2 N–H and O–H groups in total. The van der Waals surface area contributed by atoms with Crippen LogP contribution in [-0.2, 0) is 6.54 Å². The SMILES string of the molecule is c1c[nH]c(CNC2CCC[C@@H]3C[C@H]23)n1. The molecule has 0 saturated heterocycles. The van der Waals surface area contributed by atoms with Gasteiger partial charge >= 0.3 is 0 Å². The number of H-pyrrole nitrogens is 1. The van der Waals surface area contributed by atoms with Crippen molar-refractivity contribution in [3.8, 4) is 0 Å². The zero-order valence-electron chi connectivity index (χ0n) is 8.37. The van der Waals surface area contributed by atoms with Gasteiger partial charge in [-0.3, -0.25) is 0 Å². The molecule has 0 radical (unpaired) electrons. The minimum Gasteiger partial charge on any atom is -0.348 e. The van der Waals surface area contributed by atoms with Crippen molar-refractivity contribution < 1.29 is 0 Å². The Bertz CT molecular complexity index is 293. The second kappa shape index (κ2) is 3.39. The van der Waals surface area contributed by atoms with E-state index in [0.717, 1.165) is 30.2 Å². The zero-order valence-corrected chi connectivity index (χ0v) is 8.37. The number of nitrogens with zero attached hydrogens (tertiary/aromatic N) is 1. The Hall–Kier alpha value is -0.830. The van der Waals surface area contributed by atoms with Crippen LogP contribution in [0.25, 0.3) is 0 Å². The van der Waals surface area contributed by atoms with Crippen LogP contribution in [0.1, 0.15) is 31.5 Å². The minimum atomic E-state index is 0.763. The molecule has 1 heterocycles. The highest BCUT2D eigenvalue weighted by molar-refractivity contribution is 4.99. The lowest BCUT2D eigenvalue weighted by molar-refractivity contribution is 0.350. The van der Waals surface area contributed by atoms with Gasteiger partial charge in [0.15, 0.2) is 0 Å². The largest absolute Gasteiger partial charge is 0.348 e. The van der Waals surface area contributed by atoms with E-state index < -0.39 is 0 Å². The Morgan fingerprint density at radius 1 is 1.50 bits per heavy atom. The number of rotatable bonds is 3. The highest BCUT2D eigenvalue weighted by atomic mass is 15.0. The molecule has 0 aromatic carbocycles. The molecular formula is C11H17N3. The molecule has 3 heteroatoms. The number of imidazole rings is 1. The van der Waals surface area contributed by atoms with Gasteiger partial charge in [-0.05, 0) is 24.7 Å². The van der Waals surface area contributed by atoms with Crippen molar-refractivity contribution in [1.29, 1.82) is 0 Å². The summed E-state index contributed by atoms with van der Waals surface area (Å²) in [6.07, 6.45) is 9.42. The summed E-state index contributed by atoms with van der Waals surface area (Å²) < 4.78 is 0. The Morgan fingerprint density at radius 2 is 2.50 bits per heavy atom. The fraction of sp³-hybridized carbons (Fsp3) is 0.727. The maximum Gasteiger partial charge on any atom is 0.120 e. The molecule has 2 saturated carbocycles. The van der Waals surface area contributed by atoms with E-state index in [1.165, 1.54) is 25.7 Å². The number of hydrogen-bond acceptors (Lipinski definition) is 2. The zero-order chi connectivity index (χ0) is 9.38. The Labute approximate surface area is 84.3 Å². The maximum absolute atomic E-state index is 4.22. The van der Waals surface area contributed by atoms with Gasteiger partial charge in [-0.1, -0.05) is 12.8 Å². The summed E-state index contributed by atoms with van der Waals surface area (Å²) in [6, 6.07) is 0.763. The quantitative estimate of drug-likeness (QED) is 0.763. The van der Waals surface area contributed by atoms with E-state index in [0.29, 0.717) is 0 Å². The first kappa shape index (κ1) is 8.48. The highest BCUT2D eigenvalue weighted by Gasteiger charge is 2.44. The monoisotopic (exact) mass is 191 g/mol. The van der Waals surface area contributed by atoms with E-state index in [2.05, 4.69) is 15.3 Å². The molecule has 0 bridgehead atoms. The van der Waals surface area contributed by atoms with Crippen molar-refractivity contribution in [1.82, 2.24) is 15.3 Å². The van der Waals surface area contributed by atoms with Crippen molar-refractivity contribution in [2.75, 3.05) is 0 Å². The molecule has 0 aliphatic heterocycles. The number of hydrogen-bond donors (Lipinski definition) is 2. The van der Waals surface area contributed by atoms with Crippen LogP contribution in [0.3, 0.4) is 0 Å². The smallest absolute Gasteiger partial charge is 0.120 e. The van der Waals surface area contributed by atoms with Crippen LogP contribution in [0, 0.1) is 11.8 Å². The van der Waals surface area contributed by atoms with Crippen molar-refractivity contribution >= 4 is 0 Å². The third-order valence-electron chi connectivity index (χ3n) is 3.67. The van der Waals surface area contributed by atoms with E-state index >= 15 is 0 Å². The fourth-order valence-electron chi connectivity index (χ4n) is 2.79. The molecule has 0 amide bonds. The molecule has 3 atom stereocenters. The van der Waals surface area contributed by atoms with Crippen molar-refractivity contribution in [2.45, 2.75) is 38.3 Å². The van der Waals surface area contributed by atoms with Gasteiger partial charge in [-0.15, -0.1) is 0 Å². The Kier molecular flexibility index (Phi) is 2.05. The third-order valence-corrected chi connectivity index (χ3v) is 3.67. The number of nitrogens with one attached hydrogen (secondary N) is 2. The van der Waals surface area contributed by atoms with E-state index in [-0.39, 0.29) is 0 Å². The molecule has 1 aromatic heterocycles. The van der Waals surface area contributed by atoms with Gasteiger partial charge in [0.2, 0.25) is 0 Å². The molecule has 3 nitrogen and oxygen atoms in total. The van der Waals surface area contributed by atoms with E-state index in [9.17, 15) is 0 Å². The summed E-state index contributed by atoms with van der Waals surface area (Å²) in [6.45, 7) is 0.904. The summed E-state index contributed by atoms with van der Waals surface area (Å²) in [7, 11) is 0. The van der Waals surface area contributed by atoms with Gasteiger partial charge < -0.3 is 10.3 Å². The lowest BCUT2D eigenvalue weighted by atomic mass is 9.95. The molecule has 2 aliphatic carbocycles. The van der Waals surface area contributed by atoms with Crippen LogP contribution in [0.4, 0.5) is 0 Å². The minimum absolute atomic E-state index is 0.763. The van der Waals surface area contributed by atoms with Crippen LogP contribution < -0.4 is 5.32 Å². The van der Waals surface area contributed by atoms with Crippen LogP contribution in [0.5, 0.6) is 0 Å². The summed E-state index contributed by atoms with van der Waals surface area (Å²) >= 11 is 0. The van der Waals surface area contributed by atoms with Gasteiger partial charge in [0.05, 0.1) is 6.54 Å². The van der Waals surface area contributed by atoms with Crippen molar-refractivity contribution in [2.24, 2.45) is 11.8 Å². The van der Waals surface area contributed by atoms with E-state index in [1.807, 2.05) is 12.4 Å². The van der Waals surface area contributed by atoms with Crippen LogP contribution in [-0.4, -0.2) is 16.0 Å². The summed E-state index contributed by atoms with van der Waals surface area (Å²) in [4.78, 5) is 7.35. The second-order valence-corrected chi connectivity index (χ2v) is 4.61. The van der Waals surface area contributed by atoms with Gasteiger partial charge in [0.1, 0.15) is 5.82 Å². The summed E-state index contributed by atoms with van der Waals surface area (Å²) in [5.74, 6) is 3.10. The topological polar surface area (TPSA) is 40.7 Å². The molecule has 1 unspecified atom stereocenters. The average Bonchev–Trinajstić information content (AvgIpc) is 2.83. The lowest BCUT2D eigenvalue weighted by Crippen LogP contribution is -2.33. The predicted molar refractivity (Wildman–Crippen MR) is 54.7 cm³/mol. The predicted octanol–water partition coefficient (Wildman–Crippen LogP) is 1.69. The highest BCUT2D eigenvalue weighted by Crippen LogP contribution is 2.49. The number of fused-ring (bicyclic) bond motifs is 1. The van der Waals surface area contributed by atoms with E-state index in [4.69, 9.17) is 0 Å². The summed E-state index contributed by atoms with van der Waals surface area (Å²) in [5, 5.41) is 3.62. The molecule has 2 fully saturated rings. The van der Waals surface area contributed by atoms with Crippen LogP contribution in [0.2, 0.25) is 0 Å². The molecule has 2 aliphatic rings. The molecule has 0 spiro atoms. The maximum atomic E-state index is 4.22. The molecule has 3 rings (SSSR count). The van der Waals surface area contributed by atoms with Crippen molar-refractivity contribution in [3.63, 3.8) is 0 Å². The fourth-order valence-corrected chi connectivity index (χ4v) is 2.79. The average molecular weight is 191 g/mol. The first-order valence-electron chi connectivity index (χ1n) is 5.65. The standard InChI is InChI=1S/C11H17N3/c1-2-8-6-9(8)10(3-1)14-7-11-12-4-5-13-11/h4-5,8-10,14H,1-3,6-7H2,(H,12,13)/t8-,9+,10?/m1/s1. The first-order valence-corrected chi connectivity index (χ1v) is 5.65. The van der Waals surface area contributed by atoms with Crippen LogP contribution >= 0.6 is 0 Å². The van der Waals surface area contributed by atoms with Crippen LogP contribution in [0.15, 0.2) is 12.4 Å². The van der Waals surface area contributed by atoms with Crippen molar-refractivity contribution in [3.05, 3.63) is 18.2 Å². The second-order valence-electron chi connectivity index (χ2n) is 4.61. The van der Waals surface area contributed by atoms with Gasteiger partial charge in [0, 0.05) is 18.4 Å². The lowest BCUT2D eigenvalue weighted by Gasteiger charge is -2.22. The third kappa shape index (κ3) is 1.57. The van der Waals surface area contributed by atoms with E-state index in [1.54, 1.807) is 0 Å². The first-order chi connectivity index (χ1) is 6.93. The Morgan fingerprint density at radius 3 is 3.36 bits per heavy atom.